The molecule has 10 heteroatoms. The fourth-order valence-electron chi connectivity index (χ4n) is 4.05. The summed E-state index contributed by atoms with van der Waals surface area (Å²) in [6.07, 6.45) is 1.04. The van der Waals surface area contributed by atoms with Crippen LogP contribution in [0.25, 0.3) is 0 Å². The lowest BCUT2D eigenvalue weighted by atomic mass is 10.1. The van der Waals surface area contributed by atoms with Crippen molar-refractivity contribution in [3.63, 3.8) is 0 Å². The summed E-state index contributed by atoms with van der Waals surface area (Å²) in [6.45, 7) is 5.47. The van der Waals surface area contributed by atoms with Crippen LogP contribution in [0, 0.1) is 12.7 Å². The number of aryl methyl sites for hydroxylation is 1. The molecule has 0 aliphatic rings. The quantitative estimate of drug-likeness (QED) is 0.318. The van der Waals surface area contributed by atoms with E-state index in [4.69, 9.17) is 11.6 Å². The molecule has 1 N–H and O–H groups in total. The second kappa shape index (κ2) is 13.6. The molecule has 0 unspecified atom stereocenters. The highest BCUT2D eigenvalue weighted by molar-refractivity contribution is 7.92. The Morgan fingerprint density at radius 1 is 0.949 bits per heavy atom. The fourth-order valence-corrected chi connectivity index (χ4v) is 5.59. The predicted octanol–water partition coefficient (Wildman–Crippen LogP) is 5.32. The van der Waals surface area contributed by atoms with Gasteiger partial charge in [0.1, 0.15) is 18.4 Å². The van der Waals surface area contributed by atoms with Crippen molar-refractivity contribution in [1.82, 2.24) is 10.2 Å². The molecule has 1 atom stereocenters. The number of benzene rings is 3. The van der Waals surface area contributed by atoms with Gasteiger partial charge < -0.3 is 10.2 Å². The maximum Gasteiger partial charge on any atom is 0.264 e. The lowest BCUT2D eigenvalue weighted by molar-refractivity contribution is -0.140. The van der Waals surface area contributed by atoms with E-state index in [0.717, 1.165) is 34.0 Å². The number of nitrogens with zero attached hydrogens (tertiary/aromatic N) is 2. The first-order chi connectivity index (χ1) is 18.6. The number of halogens is 2. The molecule has 0 spiro atoms. The van der Waals surface area contributed by atoms with Gasteiger partial charge in [0.05, 0.1) is 10.6 Å². The zero-order valence-electron chi connectivity index (χ0n) is 22.2. The minimum Gasteiger partial charge on any atom is -0.354 e. The van der Waals surface area contributed by atoms with Crippen LogP contribution >= 0.6 is 11.6 Å². The number of anilines is 1. The molecule has 3 rings (SSSR count). The zero-order valence-corrected chi connectivity index (χ0v) is 23.8. The van der Waals surface area contributed by atoms with Crippen LogP contribution in [0.3, 0.4) is 0 Å². The Labute approximate surface area is 234 Å². The Kier molecular flexibility index (Phi) is 10.5. The number of carbonyl (C=O) groups is 2. The van der Waals surface area contributed by atoms with E-state index in [1.54, 1.807) is 43.3 Å². The summed E-state index contributed by atoms with van der Waals surface area (Å²) in [5.74, 6) is -1.44. The number of amides is 2. The van der Waals surface area contributed by atoms with Crippen LogP contribution in [0.4, 0.5) is 10.1 Å². The Morgan fingerprint density at radius 3 is 2.13 bits per heavy atom. The largest absolute Gasteiger partial charge is 0.354 e. The Bertz CT molecular complexity index is 1370. The normalized spacial score (nSPS) is 12.0. The average Bonchev–Trinajstić information content (AvgIpc) is 2.92. The molecule has 208 valence electrons. The van der Waals surface area contributed by atoms with Crippen LogP contribution in [0.2, 0.25) is 5.02 Å². The van der Waals surface area contributed by atoms with Crippen molar-refractivity contribution in [1.29, 1.82) is 0 Å². The van der Waals surface area contributed by atoms with E-state index in [1.165, 1.54) is 29.2 Å². The van der Waals surface area contributed by atoms with Crippen molar-refractivity contribution >= 4 is 39.1 Å². The van der Waals surface area contributed by atoms with Gasteiger partial charge >= 0.3 is 0 Å². The molecule has 7 nitrogen and oxygen atoms in total. The van der Waals surface area contributed by atoms with Gasteiger partial charge in [-0.15, -0.1) is 0 Å². The molecular weight excluding hydrogens is 541 g/mol. The van der Waals surface area contributed by atoms with E-state index in [2.05, 4.69) is 5.32 Å². The van der Waals surface area contributed by atoms with Gasteiger partial charge in [0.25, 0.3) is 10.0 Å². The van der Waals surface area contributed by atoms with Gasteiger partial charge in [0, 0.05) is 18.1 Å². The van der Waals surface area contributed by atoms with Gasteiger partial charge in [-0.1, -0.05) is 55.3 Å². The number of rotatable bonds is 12. The Hall–Kier alpha value is -3.43. The van der Waals surface area contributed by atoms with Crippen LogP contribution in [-0.2, 0) is 26.2 Å². The Morgan fingerprint density at radius 2 is 1.56 bits per heavy atom. The summed E-state index contributed by atoms with van der Waals surface area (Å²) in [7, 11) is -4.21. The van der Waals surface area contributed by atoms with E-state index in [0.29, 0.717) is 18.0 Å². The van der Waals surface area contributed by atoms with E-state index >= 15 is 0 Å². The predicted molar refractivity (Wildman–Crippen MR) is 151 cm³/mol. The van der Waals surface area contributed by atoms with E-state index < -0.39 is 34.3 Å². The molecule has 2 amide bonds. The highest BCUT2D eigenvalue weighted by Crippen LogP contribution is 2.25. The first kappa shape index (κ1) is 30.1. The lowest BCUT2D eigenvalue weighted by Gasteiger charge is -2.33. The molecule has 39 heavy (non-hydrogen) atoms. The maximum atomic E-state index is 13.9. The number of carbonyl (C=O) groups excluding carboxylic acids is 2. The second-order valence-electron chi connectivity index (χ2n) is 9.16. The molecule has 0 aromatic heterocycles. The molecule has 0 radical (unpaired) electrons. The highest BCUT2D eigenvalue weighted by atomic mass is 35.5. The van der Waals surface area contributed by atoms with Crippen molar-refractivity contribution in [2.75, 3.05) is 17.4 Å². The lowest BCUT2D eigenvalue weighted by Crippen LogP contribution is -2.52. The van der Waals surface area contributed by atoms with Gasteiger partial charge in [0.15, 0.2) is 0 Å². The molecule has 0 fully saturated rings. The summed E-state index contributed by atoms with van der Waals surface area (Å²) in [6, 6.07) is 17.2. The average molecular weight is 574 g/mol. The third-order valence-corrected chi connectivity index (χ3v) is 8.24. The van der Waals surface area contributed by atoms with E-state index in [1.807, 2.05) is 13.8 Å². The molecule has 0 saturated carbocycles. The molecule has 0 heterocycles. The molecule has 0 saturated heterocycles. The molecule has 3 aromatic rings. The third-order valence-electron chi connectivity index (χ3n) is 6.20. The van der Waals surface area contributed by atoms with Crippen LogP contribution < -0.4 is 9.62 Å². The van der Waals surface area contributed by atoms with Gasteiger partial charge in [-0.2, -0.15) is 0 Å². The van der Waals surface area contributed by atoms with Gasteiger partial charge in [-0.25, -0.2) is 12.8 Å². The van der Waals surface area contributed by atoms with Crippen LogP contribution in [0.5, 0.6) is 0 Å². The van der Waals surface area contributed by atoms with Crippen LogP contribution in [0.15, 0.2) is 77.7 Å². The molecule has 0 aliphatic carbocycles. The third kappa shape index (κ3) is 7.80. The summed E-state index contributed by atoms with van der Waals surface area (Å²) >= 11 is 6.03. The van der Waals surface area contributed by atoms with Crippen molar-refractivity contribution in [3.05, 3.63) is 94.8 Å². The number of hydrogen-bond donors (Lipinski definition) is 1. The topological polar surface area (TPSA) is 86.8 Å². The monoisotopic (exact) mass is 573 g/mol. The summed E-state index contributed by atoms with van der Waals surface area (Å²) in [5, 5.41) is 3.36. The van der Waals surface area contributed by atoms with Gasteiger partial charge in [-0.3, -0.25) is 13.9 Å². The summed E-state index contributed by atoms with van der Waals surface area (Å²) < 4.78 is 42.2. The highest BCUT2D eigenvalue weighted by Gasteiger charge is 2.33. The van der Waals surface area contributed by atoms with E-state index in [-0.39, 0.29) is 23.0 Å². The molecule has 0 bridgehead atoms. The Balaban J connectivity index is 2.03. The second-order valence-corrected chi connectivity index (χ2v) is 11.5. The van der Waals surface area contributed by atoms with Gasteiger partial charge in [-0.05, 0) is 73.9 Å². The SMILES string of the molecule is CCCNC(=O)[C@H](CC)N(Cc1ccc(Cl)cc1)C(=O)CN(c1ccc(F)cc1)S(=O)(=O)c1ccc(C)cc1. The van der Waals surface area contributed by atoms with Crippen LogP contribution in [-0.4, -0.2) is 44.3 Å². The maximum absolute atomic E-state index is 13.9. The summed E-state index contributed by atoms with van der Waals surface area (Å²) in [5.41, 5.74) is 1.72. The minimum absolute atomic E-state index is 0.0118. The van der Waals surface area contributed by atoms with Gasteiger partial charge in [0.2, 0.25) is 11.8 Å². The van der Waals surface area contributed by atoms with Crippen molar-refractivity contribution < 1.29 is 22.4 Å². The number of nitrogens with one attached hydrogen (secondary N) is 1. The molecule has 3 aromatic carbocycles. The first-order valence-corrected chi connectivity index (χ1v) is 14.5. The zero-order chi connectivity index (χ0) is 28.6. The molecular formula is C29H33ClFN3O4S. The van der Waals surface area contributed by atoms with Crippen molar-refractivity contribution in [2.24, 2.45) is 0 Å². The smallest absolute Gasteiger partial charge is 0.264 e. The number of sulfonamides is 1. The minimum atomic E-state index is -4.21. The molecule has 0 aliphatic heterocycles. The van der Waals surface area contributed by atoms with Crippen molar-refractivity contribution in [3.8, 4) is 0 Å². The van der Waals surface area contributed by atoms with E-state index in [9.17, 15) is 22.4 Å². The number of hydrogen-bond acceptors (Lipinski definition) is 4. The first-order valence-electron chi connectivity index (χ1n) is 12.7. The van der Waals surface area contributed by atoms with Crippen molar-refractivity contribution in [2.45, 2.75) is 51.1 Å². The summed E-state index contributed by atoms with van der Waals surface area (Å²) in [4.78, 5) is 28.4. The van der Waals surface area contributed by atoms with Crippen LogP contribution in [0.1, 0.15) is 37.8 Å². The standard InChI is InChI=1S/C29H33ClFN3O4S/c1-4-18-32-29(36)27(5-2)33(19-22-8-10-23(30)11-9-22)28(35)20-34(25-14-12-24(31)13-15-25)39(37,38)26-16-6-21(3)7-17-26/h6-17,27H,4-5,18-20H2,1-3H3,(H,32,36)/t27-/m0/s1. The fraction of sp³-hybridized carbons (Fsp3) is 0.310.